The largest absolute Gasteiger partial charge is 0.396 e. The van der Waals surface area contributed by atoms with Crippen LogP contribution in [-0.4, -0.2) is 15.9 Å². The van der Waals surface area contributed by atoms with Crippen molar-refractivity contribution in [2.24, 2.45) is 0 Å². The topological polar surface area (TPSA) is 80.9 Å². The number of carbonyl (C=O) groups excluding carboxylic acids is 1. The fourth-order valence-corrected chi connectivity index (χ4v) is 1.20. The first-order valence-electron chi connectivity index (χ1n) is 4.69. The maximum absolute atomic E-state index is 11.7. The Morgan fingerprint density at radius 2 is 2.06 bits per heavy atom. The molecule has 2 aromatic heterocycles. The third-order valence-corrected chi connectivity index (χ3v) is 1.99. The average molecular weight is 214 g/mol. The Bertz CT molecular complexity index is 498. The van der Waals surface area contributed by atoms with Crippen molar-refractivity contribution in [1.29, 1.82) is 0 Å². The Morgan fingerprint density at radius 1 is 1.25 bits per heavy atom. The van der Waals surface area contributed by atoms with Gasteiger partial charge in [-0.1, -0.05) is 0 Å². The van der Waals surface area contributed by atoms with Crippen LogP contribution in [0, 0.1) is 0 Å². The molecular weight excluding hydrogens is 204 g/mol. The molecule has 1 amide bonds. The molecule has 2 rings (SSSR count). The summed E-state index contributed by atoms with van der Waals surface area (Å²) in [6, 6.07) is 6.74. The fourth-order valence-electron chi connectivity index (χ4n) is 1.20. The molecule has 0 aromatic carbocycles. The van der Waals surface area contributed by atoms with E-state index in [-0.39, 0.29) is 5.91 Å². The van der Waals surface area contributed by atoms with Crippen molar-refractivity contribution in [2.75, 3.05) is 11.1 Å². The number of anilines is 2. The SMILES string of the molecule is Nc1cccnc1NC(=O)c1cccnc1. The van der Waals surface area contributed by atoms with Gasteiger partial charge in [0.1, 0.15) is 0 Å². The quantitative estimate of drug-likeness (QED) is 0.789. The van der Waals surface area contributed by atoms with Crippen molar-refractivity contribution in [3.8, 4) is 0 Å². The number of hydrogen-bond acceptors (Lipinski definition) is 4. The molecule has 5 nitrogen and oxygen atoms in total. The Morgan fingerprint density at radius 3 is 2.75 bits per heavy atom. The molecule has 0 saturated heterocycles. The summed E-state index contributed by atoms with van der Waals surface area (Å²) in [4.78, 5) is 19.5. The van der Waals surface area contributed by atoms with Gasteiger partial charge < -0.3 is 11.1 Å². The molecular formula is C11H10N4O. The molecule has 0 atom stereocenters. The van der Waals surface area contributed by atoms with E-state index in [1.807, 2.05) is 0 Å². The van der Waals surface area contributed by atoms with Gasteiger partial charge in [0.25, 0.3) is 5.91 Å². The summed E-state index contributed by atoms with van der Waals surface area (Å²) in [6.45, 7) is 0. The molecule has 2 heterocycles. The first-order valence-corrected chi connectivity index (χ1v) is 4.69. The number of nitrogens with zero attached hydrogens (tertiary/aromatic N) is 2. The Kier molecular flexibility index (Phi) is 2.77. The van der Waals surface area contributed by atoms with Gasteiger partial charge in [-0.2, -0.15) is 0 Å². The molecule has 0 aliphatic heterocycles. The molecule has 0 radical (unpaired) electrons. The second kappa shape index (κ2) is 4.39. The van der Waals surface area contributed by atoms with Crippen LogP contribution in [0.3, 0.4) is 0 Å². The molecule has 5 heteroatoms. The van der Waals surface area contributed by atoms with E-state index < -0.39 is 0 Å². The smallest absolute Gasteiger partial charge is 0.258 e. The van der Waals surface area contributed by atoms with Crippen LogP contribution in [0.25, 0.3) is 0 Å². The molecule has 0 saturated carbocycles. The zero-order valence-corrected chi connectivity index (χ0v) is 8.42. The number of nitrogen functional groups attached to an aromatic ring is 1. The fraction of sp³-hybridized carbons (Fsp3) is 0. The van der Waals surface area contributed by atoms with Gasteiger partial charge in [0.05, 0.1) is 11.3 Å². The first-order chi connectivity index (χ1) is 7.77. The van der Waals surface area contributed by atoms with Crippen LogP contribution in [0.15, 0.2) is 42.9 Å². The highest BCUT2D eigenvalue weighted by Crippen LogP contribution is 2.13. The van der Waals surface area contributed by atoms with Crippen LogP contribution >= 0.6 is 0 Å². The molecule has 0 spiro atoms. The van der Waals surface area contributed by atoms with Gasteiger partial charge in [-0.25, -0.2) is 4.98 Å². The first kappa shape index (κ1) is 10.1. The van der Waals surface area contributed by atoms with Crippen molar-refractivity contribution in [3.63, 3.8) is 0 Å². The Balaban J connectivity index is 2.18. The van der Waals surface area contributed by atoms with Gasteiger partial charge in [-0.15, -0.1) is 0 Å². The molecule has 80 valence electrons. The van der Waals surface area contributed by atoms with E-state index in [2.05, 4.69) is 15.3 Å². The minimum atomic E-state index is -0.279. The summed E-state index contributed by atoms with van der Waals surface area (Å²) >= 11 is 0. The predicted octanol–water partition coefficient (Wildman–Crippen LogP) is 1.31. The molecule has 0 bridgehead atoms. The van der Waals surface area contributed by atoms with Crippen molar-refractivity contribution < 1.29 is 4.79 Å². The zero-order chi connectivity index (χ0) is 11.4. The summed E-state index contributed by atoms with van der Waals surface area (Å²) in [5.74, 6) is 0.0786. The third kappa shape index (κ3) is 2.14. The van der Waals surface area contributed by atoms with Crippen molar-refractivity contribution in [1.82, 2.24) is 9.97 Å². The van der Waals surface area contributed by atoms with Crippen LogP contribution in [0.1, 0.15) is 10.4 Å². The monoisotopic (exact) mass is 214 g/mol. The number of pyridine rings is 2. The normalized spacial score (nSPS) is 9.75. The molecule has 2 aromatic rings. The number of aromatic nitrogens is 2. The molecule has 0 unspecified atom stereocenters. The highest BCUT2D eigenvalue weighted by molar-refractivity contribution is 6.04. The van der Waals surface area contributed by atoms with Crippen molar-refractivity contribution >= 4 is 17.4 Å². The lowest BCUT2D eigenvalue weighted by Gasteiger charge is -2.05. The number of nitrogens with two attached hydrogens (primary N) is 1. The molecule has 3 N–H and O–H groups in total. The molecule has 16 heavy (non-hydrogen) atoms. The van der Waals surface area contributed by atoms with Crippen LogP contribution < -0.4 is 11.1 Å². The van der Waals surface area contributed by atoms with E-state index in [1.165, 1.54) is 6.20 Å². The van der Waals surface area contributed by atoms with Crippen LogP contribution in [0.2, 0.25) is 0 Å². The molecule has 0 fully saturated rings. The lowest BCUT2D eigenvalue weighted by atomic mass is 10.2. The second-order valence-electron chi connectivity index (χ2n) is 3.14. The summed E-state index contributed by atoms with van der Waals surface area (Å²) in [5.41, 5.74) is 6.55. The highest BCUT2D eigenvalue weighted by atomic mass is 16.1. The van der Waals surface area contributed by atoms with Crippen molar-refractivity contribution in [3.05, 3.63) is 48.4 Å². The number of rotatable bonds is 2. The molecule has 0 aliphatic rings. The van der Waals surface area contributed by atoms with Crippen molar-refractivity contribution in [2.45, 2.75) is 0 Å². The van der Waals surface area contributed by atoms with Gasteiger partial charge in [0.2, 0.25) is 0 Å². The van der Waals surface area contributed by atoms with Gasteiger partial charge in [0.15, 0.2) is 5.82 Å². The highest BCUT2D eigenvalue weighted by Gasteiger charge is 2.07. The number of nitrogens with one attached hydrogen (secondary N) is 1. The standard InChI is InChI=1S/C11H10N4O/c12-9-4-2-6-14-10(9)15-11(16)8-3-1-5-13-7-8/h1-7H,12H2,(H,14,15,16). The second-order valence-corrected chi connectivity index (χ2v) is 3.14. The number of carbonyl (C=O) groups is 1. The van der Waals surface area contributed by atoms with Crippen LogP contribution in [-0.2, 0) is 0 Å². The van der Waals surface area contributed by atoms with Crippen LogP contribution in [0.5, 0.6) is 0 Å². The lowest BCUT2D eigenvalue weighted by molar-refractivity contribution is 0.102. The summed E-state index contributed by atoms with van der Waals surface area (Å²) in [7, 11) is 0. The van der Waals surface area contributed by atoms with Gasteiger partial charge in [0, 0.05) is 18.6 Å². The third-order valence-electron chi connectivity index (χ3n) is 1.99. The van der Waals surface area contributed by atoms with Gasteiger partial charge in [-0.05, 0) is 24.3 Å². The van der Waals surface area contributed by atoms with Gasteiger partial charge in [-0.3, -0.25) is 9.78 Å². The van der Waals surface area contributed by atoms with E-state index >= 15 is 0 Å². The average Bonchev–Trinajstić information content (AvgIpc) is 2.33. The number of amides is 1. The van der Waals surface area contributed by atoms with E-state index in [4.69, 9.17) is 5.73 Å². The maximum atomic E-state index is 11.7. The minimum absolute atomic E-state index is 0.279. The Hall–Kier alpha value is -2.43. The van der Waals surface area contributed by atoms with Gasteiger partial charge >= 0.3 is 0 Å². The summed E-state index contributed by atoms with van der Waals surface area (Å²) in [5, 5.41) is 2.61. The lowest BCUT2D eigenvalue weighted by Crippen LogP contribution is -2.14. The zero-order valence-electron chi connectivity index (χ0n) is 8.42. The molecule has 0 aliphatic carbocycles. The van der Waals surface area contributed by atoms with E-state index in [0.29, 0.717) is 17.1 Å². The van der Waals surface area contributed by atoms with E-state index in [0.717, 1.165) is 0 Å². The van der Waals surface area contributed by atoms with E-state index in [9.17, 15) is 4.79 Å². The predicted molar refractivity (Wildman–Crippen MR) is 60.8 cm³/mol. The number of hydrogen-bond donors (Lipinski definition) is 2. The van der Waals surface area contributed by atoms with E-state index in [1.54, 1.807) is 36.7 Å². The summed E-state index contributed by atoms with van der Waals surface area (Å²) in [6.07, 6.45) is 4.65. The Labute approximate surface area is 92.3 Å². The van der Waals surface area contributed by atoms with Crippen LogP contribution in [0.4, 0.5) is 11.5 Å². The minimum Gasteiger partial charge on any atom is -0.396 e. The summed E-state index contributed by atoms with van der Waals surface area (Å²) < 4.78 is 0. The maximum Gasteiger partial charge on any atom is 0.258 e.